The fourth-order valence-electron chi connectivity index (χ4n) is 13.6. The minimum Gasteiger partial charge on any atom is -0.493 e. The Hall–Kier alpha value is -8.31. The maximum Gasteiger partial charge on any atom is 0.416 e. The van der Waals surface area contributed by atoms with Crippen molar-refractivity contribution in [2.75, 3.05) is 79.7 Å². The van der Waals surface area contributed by atoms with Crippen LogP contribution in [0.5, 0.6) is 11.5 Å². The van der Waals surface area contributed by atoms with Crippen LogP contribution in [0.1, 0.15) is 141 Å². The first-order valence-corrected chi connectivity index (χ1v) is 34.9. The number of amides is 4. The van der Waals surface area contributed by atoms with Crippen molar-refractivity contribution in [2.24, 2.45) is 35.0 Å². The van der Waals surface area contributed by atoms with Crippen molar-refractivity contribution in [3.05, 3.63) is 139 Å². The summed E-state index contributed by atoms with van der Waals surface area (Å²) < 4.78 is 103. The molecule has 21 nitrogen and oxygen atoms in total. The highest BCUT2D eigenvalue weighted by molar-refractivity contribution is 7.20. The lowest BCUT2D eigenvalue weighted by Gasteiger charge is -2.48. The van der Waals surface area contributed by atoms with Gasteiger partial charge < -0.3 is 72.1 Å². The van der Waals surface area contributed by atoms with Gasteiger partial charge in [0.2, 0.25) is 11.8 Å². The first-order chi connectivity index (χ1) is 47.7. The Morgan fingerprint density at radius 1 is 0.713 bits per heavy atom. The van der Waals surface area contributed by atoms with Gasteiger partial charge in [0.05, 0.1) is 49.6 Å². The van der Waals surface area contributed by atoms with Gasteiger partial charge in [-0.2, -0.15) is 13.2 Å². The summed E-state index contributed by atoms with van der Waals surface area (Å²) in [7, 11) is 3.09. The number of nitrogens with two attached hydrogens (primary N) is 3. The number of hydrogen-bond donors (Lipinski definition) is 8. The Labute approximate surface area is 590 Å². The maximum absolute atomic E-state index is 14.9. The second-order valence-corrected chi connectivity index (χ2v) is 26.7. The average molecular weight is 1440 g/mol. The van der Waals surface area contributed by atoms with E-state index in [1.807, 2.05) is 61.5 Å². The Balaban J connectivity index is 0.000000298. The van der Waals surface area contributed by atoms with Crippen LogP contribution in [0.4, 0.5) is 31.1 Å². The third-order valence-electron chi connectivity index (χ3n) is 18.3. The van der Waals surface area contributed by atoms with Crippen LogP contribution in [0.2, 0.25) is 0 Å². The van der Waals surface area contributed by atoms with E-state index in [2.05, 4.69) is 10.6 Å². The second-order valence-electron chi connectivity index (χ2n) is 25.6. The zero-order chi connectivity index (χ0) is 75.6. The van der Waals surface area contributed by atoms with Gasteiger partial charge in [0, 0.05) is 74.1 Å². The van der Waals surface area contributed by atoms with Gasteiger partial charge in [-0.05, 0) is 172 Å². The number of alkyl halides is 3. The third kappa shape index (κ3) is 18.9. The average Bonchev–Trinajstić information content (AvgIpc) is 1.25. The van der Waals surface area contributed by atoms with Gasteiger partial charge in [0.1, 0.15) is 39.3 Å². The van der Waals surface area contributed by atoms with E-state index in [-0.39, 0.29) is 59.4 Å². The predicted octanol–water partition coefficient (Wildman–Crippen LogP) is 11.1. The molecule has 4 aromatic rings. The van der Waals surface area contributed by atoms with Crippen LogP contribution in [0.15, 0.2) is 100 Å². The number of methoxy groups -OCH3 is 2. The lowest BCUT2D eigenvalue weighted by Crippen LogP contribution is -2.62. The number of nitrogens with zero attached hydrogens (tertiary/aromatic N) is 3. The molecule has 4 amide bonds. The molecule has 7 atom stereocenters. The number of rotatable bonds is 32. The van der Waals surface area contributed by atoms with Gasteiger partial charge in [-0.25, -0.2) is 32.3 Å². The lowest BCUT2D eigenvalue weighted by molar-refractivity contribution is -0.139. The number of aliphatic carboxylic acids is 2. The molecule has 0 saturated carbocycles. The number of aromatic carboxylic acids is 1. The fourth-order valence-corrected chi connectivity index (χ4v) is 14.5. The van der Waals surface area contributed by atoms with Crippen molar-refractivity contribution in [1.29, 1.82) is 0 Å². The summed E-state index contributed by atoms with van der Waals surface area (Å²) >= 11 is 1.22. The molecule has 1 fully saturated rings. The topological polar surface area (TPSA) is 320 Å². The molecular weight excluding hydrogens is 1340 g/mol. The SMILES string of the molecule is CCCN(CCC)C(=O)C1(c2cc(F)cc(F)c2)C([C@@H](CC)CNC[C@H]2CN(CC)C(=O)O2)=C(C)C=C(C(=O)O)[C@H]1N.CCCN(CCC)C(=O)C1=C([C@@H](CC)CNCCC(C)C)C(C(N)=O)(c2cc(F)cc(C(F)(F)F)c2)[C@H](N)C(C(=O)O)=C1.COc1ccc2sc(C(=O)O)cc2c1OC. The quantitative estimate of drug-likeness (QED) is 0.0166. The lowest BCUT2D eigenvalue weighted by atomic mass is 9.58. The number of primary amides is 1. The number of nitrogens with one attached hydrogen (secondary N) is 2. The molecule has 2 heterocycles. The van der Waals surface area contributed by atoms with E-state index < -0.39 is 105 Å². The number of thiophene rings is 1. The number of halogens is 6. The number of fused-ring (bicyclic) bond motifs is 1. The minimum atomic E-state index is -5.01. The smallest absolute Gasteiger partial charge is 0.416 e. The van der Waals surface area contributed by atoms with E-state index in [0.717, 1.165) is 40.8 Å². The molecule has 0 radical (unpaired) electrons. The summed E-state index contributed by atoms with van der Waals surface area (Å²) in [5.41, 5.74) is 13.0. The number of carbonyl (C=O) groups is 7. The van der Waals surface area contributed by atoms with Crippen molar-refractivity contribution >= 4 is 63.1 Å². The molecular formula is C73H98F6N8O13S. The Bertz CT molecular complexity index is 3730. The van der Waals surface area contributed by atoms with Gasteiger partial charge in [-0.3, -0.25) is 14.4 Å². The number of carboxylic acids is 3. The molecule has 11 N–H and O–H groups in total. The van der Waals surface area contributed by atoms with Crippen LogP contribution in [-0.2, 0) is 45.7 Å². The molecule has 1 aromatic heterocycles. The van der Waals surface area contributed by atoms with E-state index in [1.165, 1.54) is 29.4 Å². The van der Waals surface area contributed by atoms with Crippen LogP contribution in [0.25, 0.3) is 10.1 Å². The Kier molecular flexibility index (Phi) is 30.6. The van der Waals surface area contributed by atoms with E-state index in [9.17, 15) is 70.1 Å². The van der Waals surface area contributed by atoms with Crippen molar-refractivity contribution in [3.63, 3.8) is 0 Å². The minimum absolute atomic E-state index is 0.0158. The number of carboxylic acid groups (broad SMARTS) is 3. The summed E-state index contributed by atoms with van der Waals surface area (Å²) in [6.45, 7) is 22.7. The monoisotopic (exact) mass is 1440 g/mol. The molecule has 1 saturated heterocycles. The third-order valence-corrected chi connectivity index (χ3v) is 19.4. The molecule has 0 spiro atoms. The molecule has 3 aromatic carbocycles. The highest BCUT2D eigenvalue weighted by atomic mass is 32.1. The zero-order valence-electron chi connectivity index (χ0n) is 59.5. The van der Waals surface area contributed by atoms with E-state index in [1.54, 1.807) is 42.9 Å². The van der Waals surface area contributed by atoms with Crippen LogP contribution in [-0.4, -0.2) is 170 Å². The largest absolute Gasteiger partial charge is 0.493 e. The van der Waals surface area contributed by atoms with Gasteiger partial charge in [-0.1, -0.05) is 55.4 Å². The predicted molar refractivity (Wildman–Crippen MR) is 374 cm³/mol. The number of hydrogen-bond acceptors (Lipinski definition) is 15. The van der Waals surface area contributed by atoms with Gasteiger partial charge in [0.25, 0.3) is 5.91 Å². The number of cyclic esters (lactones) is 1. The van der Waals surface area contributed by atoms with Crippen molar-refractivity contribution in [2.45, 2.75) is 149 Å². The number of benzene rings is 3. The van der Waals surface area contributed by atoms with Gasteiger partial charge in [-0.15, -0.1) is 11.3 Å². The first kappa shape index (κ1) is 83.4. The van der Waals surface area contributed by atoms with Gasteiger partial charge in [0.15, 0.2) is 11.5 Å². The summed E-state index contributed by atoms with van der Waals surface area (Å²) in [4.78, 5) is 95.6. The number of ether oxygens (including phenoxy) is 3. The molecule has 0 bridgehead atoms. The summed E-state index contributed by atoms with van der Waals surface area (Å²) in [5.74, 6) is -8.84. The number of allylic oxidation sites excluding steroid dienone is 2. The standard InChI is InChI=1S/C31H44F4N4O4.C31H44F2N4O5.C11H10O4S/c1-6-11-39(12-7-2)27(40)23-16-24(28(41)42)26(36)30(29(37)43,20-13-21(31(33,34)35)15-22(32)14-20)25(23)19(8-3)17-38-10-9-18(4)5;1-6-10-37(11-7-2)29(40)31(21-13-22(32)15-23(33)14-21)26(19(5)12-25(27(31)34)28(38)39)20(8-3)16-35-17-24-18-36(9-4)30(41)42-24;1-14-7-3-4-8-6(10(7)15-2)5-9(16-8)11(12)13/h13-16,18-19,26,38H,6-12,17,36H2,1-5H3,(H2,37,43)(H,41,42);12-15,20,24,27,35H,6-11,16-18,34H2,1-5H3,(H,38,39);3-5H,1-2H3,(H,12,13)/t19-,26+,30?;20-,24-,27+,31?;/m00./s1. The normalized spacial score (nSPS) is 19.7. The molecule has 28 heteroatoms. The van der Waals surface area contributed by atoms with Crippen LogP contribution in [0, 0.1) is 35.2 Å². The summed E-state index contributed by atoms with van der Waals surface area (Å²) in [6.07, 6.45) is 0.810. The molecule has 2 aliphatic carbocycles. The second kappa shape index (κ2) is 37.0. The summed E-state index contributed by atoms with van der Waals surface area (Å²) in [5, 5.41) is 36.6. The molecule has 2 unspecified atom stereocenters. The zero-order valence-corrected chi connectivity index (χ0v) is 60.3. The van der Waals surface area contributed by atoms with Crippen molar-refractivity contribution in [1.82, 2.24) is 25.3 Å². The highest BCUT2D eigenvalue weighted by Gasteiger charge is 2.58. The van der Waals surface area contributed by atoms with Crippen LogP contribution < -0.4 is 37.3 Å². The molecule has 7 rings (SSSR count). The van der Waals surface area contributed by atoms with E-state index in [0.29, 0.717) is 137 Å². The highest BCUT2D eigenvalue weighted by Crippen LogP contribution is 2.51. The molecule has 101 heavy (non-hydrogen) atoms. The first-order valence-electron chi connectivity index (χ1n) is 34.0. The van der Waals surface area contributed by atoms with E-state index in [4.69, 9.17) is 36.5 Å². The van der Waals surface area contributed by atoms with Crippen LogP contribution in [0.3, 0.4) is 0 Å². The molecule has 3 aliphatic rings. The Morgan fingerprint density at radius 3 is 1.72 bits per heavy atom. The molecule has 1 aliphatic heterocycles. The van der Waals surface area contributed by atoms with Crippen molar-refractivity contribution in [3.8, 4) is 11.5 Å². The Morgan fingerprint density at radius 2 is 1.24 bits per heavy atom. The van der Waals surface area contributed by atoms with Gasteiger partial charge >= 0.3 is 30.2 Å². The number of carbonyl (C=O) groups excluding carboxylic acids is 4. The fraction of sp³-hybridized carbons (Fsp3) is 0.521. The maximum atomic E-state index is 14.9. The summed E-state index contributed by atoms with van der Waals surface area (Å²) in [6, 6.07) is 6.40. The molecule has 556 valence electrons. The van der Waals surface area contributed by atoms with Crippen molar-refractivity contribution < 1.29 is 89.4 Å². The number of likely N-dealkylation sites (N-methyl/N-ethyl adjacent to an activating group) is 1. The van der Waals surface area contributed by atoms with Crippen LogP contribution >= 0.6 is 11.3 Å². The van der Waals surface area contributed by atoms with E-state index >= 15 is 0 Å².